The van der Waals surface area contributed by atoms with Gasteiger partial charge in [0, 0.05) is 18.5 Å². The number of morpholine rings is 1. The molecule has 1 fully saturated rings. The van der Waals surface area contributed by atoms with E-state index in [1.807, 2.05) is 41.7 Å². The van der Waals surface area contributed by atoms with Gasteiger partial charge in [0.05, 0.1) is 50.7 Å². The number of rotatable bonds is 22. The van der Waals surface area contributed by atoms with E-state index in [1.54, 1.807) is 12.1 Å². The van der Waals surface area contributed by atoms with Crippen molar-refractivity contribution in [1.82, 2.24) is 25.8 Å². The maximum absolute atomic E-state index is 13.4. The predicted molar refractivity (Wildman–Crippen MR) is 216 cm³/mol. The normalized spacial score (nSPS) is 14.6. The average molecular weight is 854 g/mol. The van der Waals surface area contributed by atoms with Gasteiger partial charge >= 0.3 is 23.8 Å². The van der Waals surface area contributed by atoms with Crippen molar-refractivity contribution in [2.45, 2.75) is 50.2 Å². The first-order chi connectivity index (χ1) is 29.1. The van der Waals surface area contributed by atoms with E-state index >= 15 is 0 Å². The third-order valence-corrected chi connectivity index (χ3v) is 9.50. The molecule has 1 aliphatic rings. The van der Waals surface area contributed by atoms with E-state index in [0.29, 0.717) is 29.6 Å². The lowest BCUT2D eigenvalue weighted by molar-refractivity contribution is -0.151. The van der Waals surface area contributed by atoms with Crippen LogP contribution in [-0.2, 0) is 43.0 Å². The molecule has 22 nitrogen and oxygen atoms in total. The number of guanidine groups is 1. The molecule has 0 radical (unpaired) electrons. The summed E-state index contributed by atoms with van der Waals surface area (Å²) in [7, 11) is 0. The van der Waals surface area contributed by atoms with Gasteiger partial charge in [-0.25, -0.2) is 9.28 Å². The number of amides is 4. The van der Waals surface area contributed by atoms with Gasteiger partial charge in [0.25, 0.3) is 0 Å². The maximum atomic E-state index is 13.4. The number of fused-ring (bicyclic) bond motifs is 1. The highest BCUT2D eigenvalue weighted by atomic mass is 16.6. The highest BCUT2D eigenvalue weighted by Crippen LogP contribution is 2.33. The molecule has 4 amide bonds. The Hall–Kier alpha value is -6.91. The Balaban J connectivity index is 1.38. The third kappa shape index (κ3) is 13.8. The average Bonchev–Trinajstić information content (AvgIpc) is 3.24. The first-order valence-corrected chi connectivity index (χ1v) is 19.1. The zero-order valence-corrected chi connectivity index (χ0v) is 33.0. The fraction of sp³-hybridized carbons (Fsp3) is 0.410. The van der Waals surface area contributed by atoms with Gasteiger partial charge in [0.1, 0.15) is 31.2 Å². The third-order valence-electron chi connectivity index (χ3n) is 9.50. The number of aliphatic hydroxyl groups excluding tert-OH is 1. The number of nitrogens with zero attached hydrogens (tertiary/aromatic N) is 2. The van der Waals surface area contributed by atoms with Gasteiger partial charge in [0.15, 0.2) is 17.0 Å². The van der Waals surface area contributed by atoms with E-state index in [-0.39, 0.29) is 61.1 Å². The van der Waals surface area contributed by atoms with Crippen molar-refractivity contribution in [3.05, 3.63) is 64.8 Å². The molecule has 3 atom stereocenters. The second-order valence-electron chi connectivity index (χ2n) is 13.9. The zero-order chi connectivity index (χ0) is 44.5. The van der Waals surface area contributed by atoms with Crippen LogP contribution < -0.4 is 42.6 Å². The summed E-state index contributed by atoms with van der Waals surface area (Å²) in [5.41, 5.74) is 12.4. The van der Waals surface area contributed by atoms with E-state index in [4.69, 9.17) is 30.5 Å². The molecule has 61 heavy (non-hydrogen) atoms. The Kier molecular flexibility index (Phi) is 17.2. The van der Waals surface area contributed by atoms with Crippen LogP contribution in [0.4, 0.5) is 5.88 Å². The van der Waals surface area contributed by atoms with Crippen molar-refractivity contribution < 1.29 is 62.8 Å². The van der Waals surface area contributed by atoms with Crippen LogP contribution in [0.2, 0.25) is 0 Å². The highest BCUT2D eigenvalue weighted by Gasteiger charge is 2.38. The number of carbonyl (C=O) groups excluding carboxylic acids is 5. The lowest BCUT2D eigenvalue weighted by atomic mass is 10.0. The van der Waals surface area contributed by atoms with Crippen molar-refractivity contribution >= 4 is 64.3 Å². The first kappa shape index (κ1) is 46.8. The second-order valence-corrected chi connectivity index (χ2v) is 13.9. The van der Waals surface area contributed by atoms with Crippen LogP contribution in [0, 0.1) is 0 Å². The maximum Gasteiger partial charge on any atom is 0.328 e. The van der Waals surface area contributed by atoms with E-state index in [2.05, 4.69) is 20.9 Å². The van der Waals surface area contributed by atoms with Crippen LogP contribution in [0.25, 0.3) is 22.1 Å². The molecule has 2 aromatic carbocycles. The van der Waals surface area contributed by atoms with Gasteiger partial charge in [-0.2, -0.15) is 0 Å². The van der Waals surface area contributed by atoms with Crippen molar-refractivity contribution in [1.29, 1.82) is 0 Å². The lowest BCUT2D eigenvalue weighted by Crippen LogP contribution is -2.58. The van der Waals surface area contributed by atoms with Crippen LogP contribution in [0.15, 0.2) is 68.8 Å². The van der Waals surface area contributed by atoms with Crippen LogP contribution in [0.1, 0.15) is 32.1 Å². The molecule has 0 bridgehead atoms. The van der Waals surface area contributed by atoms with Crippen LogP contribution in [-0.4, -0.2) is 134 Å². The molecule has 1 aromatic heterocycles. The predicted octanol–water partition coefficient (Wildman–Crippen LogP) is -1.75. The van der Waals surface area contributed by atoms with Crippen LogP contribution in [0.3, 0.4) is 0 Å². The number of aliphatic hydroxyl groups is 1. The molecule has 0 saturated carbocycles. The topological polar surface area (TPSA) is 341 Å². The molecule has 1 saturated heterocycles. The summed E-state index contributed by atoms with van der Waals surface area (Å²) in [5, 5.41) is 36.6. The molecule has 4 rings (SSSR count). The zero-order valence-electron chi connectivity index (χ0n) is 33.0. The summed E-state index contributed by atoms with van der Waals surface area (Å²) >= 11 is 0. The molecule has 2 heterocycles. The number of hydrogen-bond donors (Lipinski definition) is 9. The lowest BCUT2D eigenvalue weighted by Gasteiger charge is -2.37. The molecule has 0 spiro atoms. The number of benzene rings is 2. The Morgan fingerprint density at radius 3 is 2.21 bits per heavy atom. The SMILES string of the molecule is NC(N)=NCCCC(NC(=O)CCC(=O)OC[N+]1(c2cc(=O)c3cccc(-c4ccccc4)c3o2)CCOCC1)C(=O)NCC(=O)N[C@@H](CC(=O)O)C(=O)N[C@@H](CO)C(=O)O. The molecule has 11 N–H and O–H groups in total. The number of nitrogens with two attached hydrogens (primary N) is 2. The molecule has 3 aromatic rings. The Morgan fingerprint density at radius 1 is 0.852 bits per heavy atom. The summed E-state index contributed by atoms with van der Waals surface area (Å²) < 4.78 is 17.6. The van der Waals surface area contributed by atoms with Crippen LogP contribution in [0.5, 0.6) is 0 Å². The van der Waals surface area contributed by atoms with Gasteiger partial charge in [-0.1, -0.05) is 42.5 Å². The fourth-order valence-electron chi connectivity index (χ4n) is 6.25. The van der Waals surface area contributed by atoms with Gasteiger partial charge in [-0.05, 0) is 24.5 Å². The van der Waals surface area contributed by atoms with Gasteiger partial charge in [0.2, 0.25) is 30.4 Å². The summed E-state index contributed by atoms with van der Waals surface area (Å²) in [4.78, 5) is 104. The number of aliphatic imine (C=N–C) groups is 1. The number of para-hydroxylation sites is 1. The summed E-state index contributed by atoms with van der Waals surface area (Å²) in [5.74, 6) is -7.69. The fourth-order valence-corrected chi connectivity index (χ4v) is 6.25. The molecule has 328 valence electrons. The quantitative estimate of drug-likeness (QED) is 0.0178. The number of hydrogen-bond acceptors (Lipinski definition) is 13. The van der Waals surface area contributed by atoms with E-state index in [1.165, 1.54) is 6.07 Å². The van der Waals surface area contributed by atoms with E-state index < -0.39 is 92.1 Å². The first-order valence-electron chi connectivity index (χ1n) is 19.1. The number of nitrogens with one attached hydrogen (secondary N) is 4. The Bertz CT molecular complexity index is 2150. The van der Waals surface area contributed by atoms with Gasteiger partial charge in [-0.15, -0.1) is 0 Å². The van der Waals surface area contributed by atoms with Crippen molar-refractivity contribution in [2.75, 3.05) is 52.7 Å². The smallest absolute Gasteiger partial charge is 0.328 e. The number of carbonyl (C=O) groups is 7. The minimum Gasteiger partial charge on any atom is -0.481 e. The summed E-state index contributed by atoms with van der Waals surface area (Å²) in [6, 6.07) is 11.3. The summed E-state index contributed by atoms with van der Waals surface area (Å²) in [6.45, 7) is -0.783. The van der Waals surface area contributed by atoms with Crippen molar-refractivity contribution in [2.24, 2.45) is 16.5 Å². The van der Waals surface area contributed by atoms with Crippen molar-refractivity contribution in [3.8, 4) is 11.1 Å². The molecular weight excluding hydrogens is 804 g/mol. The second kappa shape index (κ2) is 22.5. The highest BCUT2D eigenvalue weighted by molar-refractivity contribution is 5.95. The minimum atomic E-state index is -1.78. The largest absolute Gasteiger partial charge is 0.481 e. The number of esters is 1. The Labute approximate surface area is 347 Å². The number of ether oxygens (including phenoxy) is 2. The number of aliphatic carboxylic acids is 2. The van der Waals surface area contributed by atoms with E-state index in [0.717, 1.165) is 5.56 Å². The molecule has 0 aliphatic carbocycles. The van der Waals surface area contributed by atoms with Crippen molar-refractivity contribution in [3.63, 3.8) is 0 Å². The van der Waals surface area contributed by atoms with E-state index in [9.17, 15) is 48.6 Å². The molecular formula is C39H49N8O14+. The Morgan fingerprint density at radius 2 is 1.56 bits per heavy atom. The van der Waals surface area contributed by atoms with Gasteiger partial charge in [-0.3, -0.25) is 38.6 Å². The standard InChI is InChI=1S/C39H48N8O14/c40-39(41)42-13-5-10-26(36(55)43-20-31(51)45-27(18-33(52)53)37(56)46-28(21-48)38(57)58)44-30(50)11-12-34(54)60-22-47(14-16-59-17-15-47)32-19-29(49)25-9-4-8-24(35(25)61-32)23-6-2-1-3-7-23/h1-4,6-9,19,26-28,48H,5,10-18,20-22H2,(H9-,40,41,42,43,44,45,46,50,51,52,53,55,56,57,58)/p+1/t26?,27-,28-/m0/s1. The monoisotopic (exact) mass is 853 g/mol. The number of carboxylic acids is 2. The van der Waals surface area contributed by atoms with Crippen LogP contribution >= 0.6 is 0 Å². The number of quaternary nitrogens is 1. The molecule has 1 aliphatic heterocycles. The van der Waals surface area contributed by atoms with Gasteiger partial charge < -0.3 is 61.9 Å². The molecule has 22 heteroatoms. The molecule has 1 unspecified atom stereocenters. The number of carboxylic acid groups (broad SMARTS) is 2. The minimum absolute atomic E-state index is 0.0345. The summed E-state index contributed by atoms with van der Waals surface area (Å²) in [6.07, 6.45) is -1.63.